The third-order valence-corrected chi connectivity index (χ3v) is 4.26. The van der Waals surface area contributed by atoms with Crippen LogP contribution in [0.5, 0.6) is 0 Å². The first-order valence-corrected chi connectivity index (χ1v) is 7.87. The van der Waals surface area contributed by atoms with Gasteiger partial charge in [0.2, 0.25) is 0 Å². The Kier molecular flexibility index (Phi) is 4.54. The minimum atomic E-state index is -4.41. The molecule has 0 saturated heterocycles. The van der Waals surface area contributed by atoms with E-state index in [0.717, 1.165) is 22.9 Å². The molecule has 3 rings (SSSR count). The Morgan fingerprint density at radius 1 is 1.12 bits per heavy atom. The van der Waals surface area contributed by atoms with Crippen LogP contribution in [-0.4, -0.2) is 11.0 Å². The number of hydrogen-bond acceptors (Lipinski definition) is 2. The molecular weight excluding hydrogens is 343 g/mol. The number of hydrogen-bond donors (Lipinski definition) is 1. The summed E-state index contributed by atoms with van der Waals surface area (Å²) in [5, 5.41) is 1.61. The number of nitrogens with zero attached hydrogens (tertiary/aromatic N) is 2. The van der Waals surface area contributed by atoms with E-state index in [2.05, 4.69) is 4.98 Å². The van der Waals surface area contributed by atoms with Crippen molar-refractivity contribution in [2.45, 2.75) is 19.1 Å². The fourth-order valence-electron chi connectivity index (χ4n) is 2.93. The molecule has 0 radical (unpaired) electrons. The molecule has 0 aliphatic heterocycles. The molecule has 2 aromatic carbocycles. The number of carbonyl (C=O) groups is 1. The third kappa shape index (κ3) is 3.33. The lowest BCUT2D eigenvalue weighted by Gasteiger charge is -2.29. The summed E-state index contributed by atoms with van der Waals surface area (Å²) in [6, 6.07) is 10.6. The topological polar surface area (TPSA) is 59.2 Å². The fourth-order valence-corrected chi connectivity index (χ4v) is 2.93. The molecule has 1 atom stereocenters. The van der Waals surface area contributed by atoms with Gasteiger partial charge in [0, 0.05) is 23.2 Å². The SMILES string of the molecule is CC(c1ccc(C(F)(F)F)cc1)N(C(N)=O)c1cccc2cnccc12. The van der Waals surface area contributed by atoms with Gasteiger partial charge in [-0.15, -0.1) is 0 Å². The number of primary amides is 1. The molecule has 7 heteroatoms. The van der Waals surface area contributed by atoms with Crippen molar-refractivity contribution in [1.29, 1.82) is 0 Å². The molecule has 0 saturated carbocycles. The van der Waals surface area contributed by atoms with Crippen molar-refractivity contribution in [3.63, 3.8) is 0 Å². The average Bonchev–Trinajstić information content (AvgIpc) is 2.61. The van der Waals surface area contributed by atoms with Gasteiger partial charge >= 0.3 is 12.2 Å². The minimum absolute atomic E-state index is 0.544. The second kappa shape index (κ2) is 6.67. The second-order valence-electron chi connectivity index (χ2n) is 5.88. The summed E-state index contributed by atoms with van der Waals surface area (Å²) in [4.78, 5) is 17.6. The largest absolute Gasteiger partial charge is 0.416 e. The van der Waals surface area contributed by atoms with Crippen LogP contribution in [0, 0.1) is 0 Å². The normalized spacial score (nSPS) is 12.8. The number of fused-ring (bicyclic) bond motifs is 1. The molecular formula is C19H16F3N3O. The van der Waals surface area contributed by atoms with Gasteiger partial charge in [-0.1, -0.05) is 24.3 Å². The molecule has 0 fully saturated rings. The maximum Gasteiger partial charge on any atom is 0.416 e. The number of amides is 2. The van der Waals surface area contributed by atoms with E-state index in [4.69, 9.17) is 5.73 Å². The molecule has 2 amide bonds. The van der Waals surface area contributed by atoms with Gasteiger partial charge in [0.15, 0.2) is 0 Å². The Hall–Kier alpha value is -3.09. The Morgan fingerprint density at radius 2 is 1.81 bits per heavy atom. The van der Waals surface area contributed by atoms with Crippen LogP contribution < -0.4 is 10.6 Å². The molecule has 1 aromatic heterocycles. The number of pyridine rings is 1. The summed E-state index contributed by atoms with van der Waals surface area (Å²) in [5.41, 5.74) is 5.97. The number of anilines is 1. The first kappa shape index (κ1) is 17.7. The number of rotatable bonds is 3. The van der Waals surface area contributed by atoms with Crippen molar-refractivity contribution in [3.05, 3.63) is 72.1 Å². The highest BCUT2D eigenvalue weighted by Crippen LogP contribution is 2.34. The van der Waals surface area contributed by atoms with Crippen LogP contribution in [0.2, 0.25) is 0 Å². The highest BCUT2D eigenvalue weighted by molar-refractivity contribution is 6.02. The average molecular weight is 359 g/mol. The second-order valence-corrected chi connectivity index (χ2v) is 5.88. The van der Waals surface area contributed by atoms with Gasteiger partial charge in [0.25, 0.3) is 0 Å². The summed E-state index contributed by atoms with van der Waals surface area (Å²) >= 11 is 0. The van der Waals surface area contributed by atoms with Gasteiger partial charge in [-0.3, -0.25) is 9.88 Å². The van der Waals surface area contributed by atoms with Crippen LogP contribution in [0.1, 0.15) is 24.1 Å². The Labute approximate surface area is 148 Å². The molecule has 1 unspecified atom stereocenters. The lowest BCUT2D eigenvalue weighted by molar-refractivity contribution is -0.137. The Bertz CT molecular complexity index is 933. The number of benzene rings is 2. The summed E-state index contributed by atoms with van der Waals surface area (Å²) in [6.45, 7) is 1.72. The standard InChI is InChI=1S/C19H16F3N3O/c1-12(13-5-7-15(8-6-13)19(20,21)22)25(18(23)26)17-4-2-3-14-11-24-10-9-16(14)17/h2-12H,1H3,(H2,23,26). The van der Waals surface area contributed by atoms with Crippen LogP contribution in [0.25, 0.3) is 10.8 Å². The third-order valence-electron chi connectivity index (χ3n) is 4.26. The Morgan fingerprint density at radius 3 is 2.42 bits per heavy atom. The summed E-state index contributed by atoms with van der Waals surface area (Å²) in [6.07, 6.45) is -1.14. The number of urea groups is 1. The van der Waals surface area contributed by atoms with E-state index in [0.29, 0.717) is 11.3 Å². The quantitative estimate of drug-likeness (QED) is 0.723. The molecule has 0 spiro atoms. The number of halogens is 3. The number of alkyl halides is 3. The van der Waals surface area contributed by atoms with Gasteiger partial charge in [-0.2, -0.15) is 13.2 Å². The summed E-state index contributed by atoms with van der Waals surface area (Å²) in [5.74, 6) is 0. The molecule has 2 N–H and O–H groups in total. The molecule has 134 valence electrons. The maximum atomic E-state index is 12.8. The number of nitrogens with two attached hydrogens (primary N) is 1. The monoisotopic (exact) mass is 359 g/mol. The van der Waals surface area contributed by atoms with Crippen molar-refractivity contribution in [1.82, 2.24) is 4.98 Å². The lowest BCUT2D eigenvalue weighted by Crippen LogP contribution is -2.38. The van der Waals surface area contributed by atoms with E-state index in [1.807, 2.05) is 6.07 Å². The number of aromatic nitrogens is 1. The van der Waals surface area contributed by atoms with Gasteiger partial charge in [0.05, 0.1) is 17.3 Å². The van der Waals surface area contributed by atoms with Crippen LogP contribution >= 0.6 is 0 Å². The number of carbonyl (C=O) groups excluding carboxylic acids is 1. The van der Waals surface area contributed by atoms with Crippen molar-refractivity contribution >= 4 is 22.5 Å². The summed E-state index contributed by atoms with van der Waals surface area (Å²) < 4.78 is 38.3. The van der Waals surface area contributed by atoms with Crippen LogP contribution in [0.3, 0.4) is 0 Å². The first-order chi connectivity index (χ1) is 12.3. The maximum absolute atomic E-state index is 12.8. The van der Waals surface area contributed by atoms with Crippen molar-refractivity contribution < 1.29 is 18.0 Å². The van der Waals surface area contributed by atoms with Gasteiger partial charge in [-0.25, -0.2) is 4.79 Å². The Balaban J connectivity index is 2.04. The fraction of sp³-hybridized carbons (Fsp3) is 0.158. The van der Waals surface area contributed by atoms with E-state index in [1.54, 1.807) is 37.5 Å². The van der Waals surface area contributed by atoms with Gasteiger partial charge in [-0.05, 0) is 36.8 Å². The molecule has 1 heterocycles. The van der Waals surface area contributed by atoms with Gasteiger partial charge < -0.3 is 5.73 Å². The zero-order chi connectivity index (χ0) is 18.9. The van der Waals surface area contributed by atoms with Crippen molar-refractivity contribution in [2.24, 2.45) is 5.73 Å². The molecule has 4 nitrogen and oxygen atoms in total. The van der Waals surface area contributed by atoms with Crippen molar-refractivity contribution in [3.8, 4) is 0 Å². The summed E-state index contributed by atoms with van der Waals surface area (Å²) in [7, 11) is 0. The van der Waals surface area contributed by atoms with E-state index in [9.17, 15) is 18.0 Å². The minimum Gasteiger partial charge on any atom is -0.351 e. The van der Waals surface area contributed by atoms with Crippen LogP contribution in [-0.2, 0) is 6.18 Å². The molecule has 0 aliphatic carbocycles. The van der Waals surface area contributed by atoms with E-state index in [-0.39, 0.29) is 0 Å². The predicted molar refractivity (Wildman–Crippen MR) is 93.7 cm³/mol. The predicted octanol–water partition coefficient (Wildman–Crippen LogP) is 4.90. The highest BCUT2D eigenvalue weighted by atomic mass is 19.4. The van der Waals surface area contributed by atoms with Crippen LogP contribution in [0.4, 0.5) is 23.7 Å². The molecule has 3 aromatic rings. The molecule has 26 heavy (non-hydrogen) atoms. The molecule has 0 bridgehead atoms. The van der Waals surface area contributed by atoms with E-state index < -0.39 is 23.8 Å². The highest BCUT2D eigenvalue weighted by Gasteiger charge is 2.30. The van der Waals surface area contributed by atoms with Crippen molar-refractivity contribution in [2.75, 3.05) is 4.90 Å². The zero-order valence-corrected chi connectivity index (χ0v) is 13.9. The molecule has 0 aliphatic rings. The smallest absolute Gasteiger partial charge is 0.351 e. The zero-order valence-electron chi connectivity index (χ0n) is 13.9. The van der Waals surface area contributed by atoms with E-state index in [1.165, 1.54) is 17.0 Å². The van der Waals surface area contributed by atoms with Gasteiger partial charge in [0.1, 0.15) is 0 Å². The van der Waals surface area contributed by atoms with E-state index >= 15 is 0 Å². The van der Waals surface area contributed by atoms with Crippen LogP contribution in [0.15, 0.2) is 60.9 Å². The lowest BCUT2D eigenvalue weighted by atomic mass is 10.0. The first-order valence-electron chi connectivity index (χ1n) is 7.87.